The summed E-state index contributed by atoms with van der Waals surface area (Å²) in [5, 5.41) is 0. The quantitative estimate of drug-likeness (QED) is 0.637. The first kappa shape index (κ1) is 13.8. The Morgan fingerprint density at radius 1 is 1.29 bits per heavy atom. The third kappa shape index (κ3) is 3.91. The molecule has 1 fully saturated rings. The van der Waals surface area contributed by atoms with E-state index in [-0.39, 0.29) is 18.9 Å². The molecule has 1 saturated heterocycles. The van der Waals surface area contributed by atoms with Crippen LogP contribution in [0.4, 0.5) is 8.78 Å². The fourth-order valence-electron chi connectivity index (χ4n) is 1.81. The van der Waals surface area contributed by atoms with E-state index < -0.39 is 5.92 Å². The Labute approximate surface area is 86.5 Å². The molecule has 0 radical (unpaired) electrons. The van der Waals surface area contributed by atoms with Gasteiger partial charge in [-0.25, -0.2) is 8.78 Å². The number of rotatable bonds is 1. The zero-order valence-electron chi connectivity index (χ0n) is 9.98. The SMILES string of the molecule is CC.CC(C)C1CC(F)(F)CCN1C. The second-order valence-corrected chi connectivity index (χ2v) is 4.10. The Morgan fingerprint density at radius 2 is 1.79 bits per heavy atom. The van der Waals surface area contributed by atoms with Crippen LogP contribution in [0.25, 0.3) is 0 Å². The average Bonchev–Trinajstić information content (AvgIpc) is 2.12. The molecule has 1 nitrogen and oxygen atoms in total. The predicted molar refractivity (Wildman–Crippen MR) is 56.8 cm³/mol. The van der Waals surface area contributed by atoms with Crippen molar-refractivity contribution in [3.63, 3.8) is 0 Å². The van der Waals surface area contributed by atoms with Gasteiger partial charge in [0.1, 0.15) is 0 Å². The summed E-state index contributed by atoms with van der Waals surface area (Å²) in [5.74, 6) is -2.11. The molecular formula is C11H23F2N. The van der Waals surface area contributed by atoms with Crippen LogP contribution in [0.2, 0.25) is 0 Å². The fraction of sp³-hybridized carbons (Fsp3) is 1.00. The summed E-state index contributed by atoms with van der Waals surface area (Å²) in [6.07, 6.45) is 0.0495. The maximum Gasteiger partial charge on any atom is 0.250 e. The standard InChI is InChI=1S/C9H17F2N.C2H6/c1-7(2)8-6-9(10,11)4-5-12(8)3;1-2/h7-8H,4-6H2,1-3H3;1-2H3. The van der Waals surface area contributed by atoms with E-state index in [0.29, 0.717) is 12.5 Å². The van der Waals surface area contributed by atoms with E-state index in [9.17, 15) is 8.78 Å². The summed E-state index contributed by atoms with van der Waals surface area (Å²) in [4.78, 5) is 2.04. The van der Waals surface area contributed by atoms with Crippen molar-refractivity contribution >= 4 is 0 Å². The molecule has 0 N–H and O–H groups in total. The van der Waals surface area contributed by atoms with Gasteiger partial charge in [-0.15, -0.1) is 0 Å². The normalized spacial score (nSPS) is 27.0. The van der Waals surface area contributed by atoms with Crippen LogP contribution >= 0.6 is 0 Å². The maximum absolute atomic E-state index is 13.0. The largest absolute Gasteiger partial charge is 0.303 e. The van der Waals surface area contributed by atoms with Gasteiger partial charge in [0.2, 0.25) is 0 Å². The molecule has 0 aromatic heterocycles. The molecule has 0 aliphatic carbocycles. The molecule has 1 aliphatic rings. The molecular weight excluding hydrogens is 184 g/mol. The van der Waals surface area contributed by atoms with E-state index in [2.05, 4.69) is 0 Å². The number of hydrogen-bond acceptors (Lipinski definition) is 1. The predicted octanol–water partition coefficient (Wildman–Crippen LogP) is 3.40. The van der Waals surface area contributed by atoms with Gasteiger partial charge in [-0.3, -0.25) is 0 Å². The van der Waals surface area contributed by atoms with Gasteiger partial charge in [0.15, 0.2) is 0 Å². The molecule has 86 valence electrons. The third-order valence-corrected chi connectivity index (χ3v) is 2.67. The first-order valence-electron chi connectivity index (χ1n) is 5.50. The third-order valence-electron chi connectivity index (χ3n) is 2.67. The first-order chi connectivity index (χ1) is 6.42. The second-order valence-electron chi connectivity index (χ2n) is 4.10. The molecule has 0 aromatic carbocycles. The minimum atomic E-state index is -2.43. The number of alkyl halides is 2. The molecule has 0 aromatic rings. The van der Waals surface area contributed by atoms with Crippen LogP contribution in [0.3, 0.4) is 0 Å². The highest BCUT2D eigenvalue weighted by atomic mass is 19.3. The molecule has 0 amide bonds. The Hall–Kier alpha value is -0.180. The molecule has 1 atom stereocenters. The molecule has 1 rings (SSSR count). The smallest absolute Gasteiger partial charge is 0.250 e. The fourth-order valence-corrected chi connectivity index (χ4v) is 1.81. The number of nitrogens with zero attached hydrogens (tertiary/aromatic N) is 1. The Kier molecular flexibility index (Phi) is 5.57. The van der Waals surface area contributed by atoms with E-state index in [1.165, 1.54) is 0 Å². The minimum Gasteiger partial charge on any atom is -0.303 e. The number of likely N-dealkylation sites (tertiary alicyclic amines) is 1. The van der Waals surface area contributed by atoms with E-state index in [0.717, 1.165) is 0 Å². The van der Waals surface area contributed by atoms with Crippen molar-refractivity contribution in [3.05, 3.63) is 0 Å². The highest BCUT2D eigenvalue weighted by molar-refractivity contribution is 4.85. The lowest BCUT2D eigenvalue weighted by Gasteiger charge is -2.39. The Morgan fingerprint density at radius 3 is 2.14 bits per heavy atom. The van der Waals surface area contributed by atoms with Gasteiger partial charge in [-0.2, -0.15) is 0 Å². The van der Waals surface area contributed by atoms with Crippen molar-refractivity contribution in [2.45, 2.75) is 52.5 Å². The van der Waals surface area contributed by atoms with Crippen LogP contribution in [0.1, 0.15) is 40.5 Å². The lowest BCUT2D eigenvalue weighted by molar-refractivity contribution is -0.0806. The van der Waals surface area contributed by atoms with Crippen LogP contribution in [0.5, 0.6) is 0 Å². The van der Waals surface area contributed by atoms with Gasteiger partial charge in [-0.05, 0) is 13.0 Å². The van der Waals surface area contributed by atoms with Crippen LogP contribution in [-0.2, 0) is 0 Å². The van der Waals surface area contributed by atoms with Crippen molar-refractivity contribution < 1.29 is 8.78 Å². The maximum atomic E-state index is 13.0. The van der Waals surface area contributed by atoms with E-state index in [4.69, 9.17) is 0 Å². The average molecular weight is 207 g/mol. The molecule has 1 aliphatic heterocycles. The van der Waals surface area contributed by atoms with Gasteiger partial charge in [0.25, 0.3) is 5.92 Å². The van der Waals surface area contributed by atoms with Gasteiger partial charge >= 0.3 is 0 Å². The van der Waals surface area contributed by atoms with Gasteiger partial charge in [0.05, 0.1) is 0 Å². The zero-order chi connectivity index (χ0) is 11.4. The topological polar surface area (TPSA) is 3.24 Å². The lowest BCUT2D eigenvalue weighted by atomic mass is 9.91. The summed E-state index contributed by atoms with van der Waals surface area (Å²) in [5.41, 5.74) is 0. The van der Waals surface area contributed by atoms with Crippen molar-refractivity contribution in [3.8, 4) is 0 Å². The van der Waals surface area contributed by atoms with Crippen molar-refractivity contribution in [1.29, 1.82) is 0 Å². The molecule has 1 heterocycles. The van der Waals surface area contributed by atoms with E-state index >= 15 is 0 Å². The minimum absolute atomic E-state index is 0.0206. The molecule has 3 heteroatoms. The van der Waals surface area contributed by atoms with Crippen LogP contribution < -0.4 is 0 Å². The number of hydrogen-bond donors (Lipinski definition) is 0. The Bertz CT molecular complexity index is 157. The highest BCUT2D eigenvalue weighted by Crippen LogP contribution is 2.33. The van der Waals surface area contributed by atoms with E-state index in [1.807, 2.05) is 39.6 Å². The number of halogens is 2. The molecule has 0 spiro atoms. The van der Waals surface area contributed by atoms with E-state index in [1.54, 1.807) is 0 Å². The monoisotopic (exact) mass is 207 g/mol. The molecule has 14 heavy (non-hydrogen) atoms. The van der Waals surface area contributed by atoms with Gasteiger partial charge in [-0.1, -0.05) is 27.7 Å². The molecule has 0 bridgehead atoms. The Balaban J connectivity index is 0.000000791. The van der Waals surface area contributed by atoms with Crippen LogP contribution in [0.15, 0.2) is 0 Å². The lowest BCUT2D eigenvalue weighted by Crippen LogP contribution is -2.47. The van der Waals surface area contributed by atoms with Gasteiger partial charge in [0, 0.05) is 25.4 Å². The van der Waals surface area contributed by atoms with Crippen LogP contribution in [0, 0.1) is 5.92 Å². The summed E-state index contributed by atoms with van der Waals surface area (Å²) in [7, 11) is 1.93. The first-order valence-corrected chi connectivity index (χ1v) is 5.50. The molecule has 0 saturated carbocycles. The zero-order valence-corrected chi connectivity index (χ0v) is 9.98. The van der Waals surface area contributed by atoms with Crippen molar-refractivity contribution in [1.82, 2.24) is 4.90 Å². The summed E-state index contributed by atoms with van der Waals surface area (Å²) >= 11 is 0. The summed E-state index contributed by atoms with van der Waals surface area (Å²) in [6.45, 7) is 8.53. The molecule has 1 unspecified atom stereocenters. The van der Waals surface area contributed by atoms with Crippen LogP contribution in [-0.4, -0.2) is 30.5 Å². The summed E-state index contributed by atoms with van der Waals surface area (Å²) < 4.78 is 25.9. The van der Waals surface area contributed by atoms with Crippen molar-refractivity contribution in [2.75, 3.05) is 13.6 Å². The number of piperidine rings is 1. The van der Waals surface area contributed by atoms with Gasteiger partial charge < -0.3 is 4.90 Å². The van der Waals surface area contributed by atoms with Crippen molar-refractivity contribution in [2.24, 2.45) is 5.92 Å². The highest BCUT2D eigenvalue weighted by Gasteiger charge is 2.39. The second kappa shape index (κ2) is 5.64. The summed E-state index contributed by atoms with van der Waals surface area (Å²) in [6, 6.07) is 0.0498.